The first-order valence-electron chi connectivity index (χ1n) is 5.97. The van der Waals surface area contributed by atoms with E-state index in [9.17, 15) is 4.39 Å². The standard InChI is InChI=1S/C14H16FN3/c1-3-18(14-16-8-13(15)9-17-14)10-12-7-5-4-6-11(12)2/h4-9H,3,10H2,1-2H3. The first-order chi connectivity index (χ1) is 8.70. The van der Waals surface area contributed by atoms with Gasteiger partial charge in [-0.3, -0.25) is 0 Å². The second-order valence-corrected chi connectivity index (χ2v) is 4.14. The Hall–Kier alpha value is -1.97. The predicted octanol–water partition coefficient (Wildman–Crippen LogP) is 2.95. The van der Waals surface area contributed by atoms with E-state index in [0.29, 0.717) is 5.95 Å². The van der Waals surface area contributed by atoms with Crippen molar-refractivity contribution < 1.29 is 4.39 Å². The molecule has 4 heteroatoms. The van der Waals surface area contributed by atoms with Crippen LogP contribution in [0.3, 0.4) is 0 Å². The normalized spacial score (nSPS) is 10.4. The lowest BCUT2D eigenvalue weighted by atomic mass is 10.1. The van der Waals surface area contributed by atoms with Crippen LogP contribution in [0.15, 0.2) is 36.7 Å². The van der Waals surface area contributed by atoms with Gasteiger partial charge in [0, 0.05) is 13.1 Å². The summed E-state index contributed by atoms with van der Waals surface area (Å²) in [5.74, 6) is 0.146. The van der Waals surface area contributed by atoms with Gasteiger partial charge in [0.25, 0.3) is 0 Å². The van der Waals surface area contributed by atoms with Gasteiger partial charge in [0.2, 0.25) is 5.95 Å². The average Bonchev–Trinajstić information content (AvgIpc) is 2.39. The molecule has 0 fully saturated rings. The fourth-order valence-corrected chi connectivity index (χ4v) is 1.79. The van der Waals surface area contributed by atoms with Crippen molar-refractivity contribution in [2.45, 2.75) is 20.4 Å². The third-order valence-corrected chi connectivity index (χ3v) is 2.89. The Kier molecular flexibility index (Phi) is 3.87. The lowest BCUT2D eigenvalue weighted by Gasteiger charge is -2.21. The predicted molar refractivity (Wildman–Crippen MR) is 69.9 cm³/mol. The van der Waals surface area contributed by atoms with Crippen LogP contribution in [-0.4, -0.2) is 16.5 Å². The zero-order valence-electron chi connectivity index (χ0n) is 10.6. The zero-order valence-corrected chi connectivity index (χ0v) is 10.6. The molecule has 0 unspecified atom stereocenters. The summed E-state index contributed by atoms with van der Waals surface area (Å²) < 4.78 is 12.8. The quantitative estimate of drug-likeness (QED) is 0.829. The molecule has 0 amide bonds. The summed E-state index contributed by atoms with van der Waals surface area (Å²) >= 11 is 0. The highest BCUT2D eigenvalue weighted by molar-refractivity contribution is 5.34. The van der Waals surface area contributed by atoms with Gasteiger partial charge in [-0.05, 0) is 25.0 Å². The zero-order chi connectivity index (χ0) is 13.0. The van der Waals surface area contributed by atoms with Crippen LogP contribution in [0.2, 0.25) is 0 Å². The van der Waals surface area contributed by atoms with Crippen LogP contribution in [0.5, 0.6) is 0 Å². The Morgan fingerprint density at radius 3 is 2.44 bits per heavy atom. The Balaban J connectivity index is 2.20. The molecule has 1 aromatic heterocycles. The first-order valence-corrected chi connectivity index (χ1v) is 5.97. The molecule has 0 bridgehead atoms. The lowest BCUT2D eigenvalue weighted by molar-refractivity contribution is 0.611. The molecular formula is C14H16FN3. The van der Waals surface area contributed by atoms with E-state index in [1.165, 1.54) is 23.5 Å². The maximum atomic E-state index is 12.8. The highest BCUT2D eigenvalue weighted by Gasteiger charge is 2.09. The van der Waals surface area contributed by atoms with Crippen LogP contribution in [-0.2, 0) is 6.54 Å². The summed E-state index contributed by atoms with van der Waals surface area (Å²) in [6.45, 7) is 5.62. The first kappa shape index (κ1) is 12.5. The number of benzene rings is 1. The monoisotopic (exact) mass is 245 g/mol. The Morgan fingerprint density at radius 1 is 1.17 bits per heavy atom. The Labute approximate surface area is 106 Å². The minimum atomic E-state index is -0.411. The van der Waals surface area contributed by atoms with Crippen LogP contribution < -0.4 is 4.90 Å². The molecule has 94 valence electrons. The smallest absolute Gasteiger partial charge is 0.225 e. The number of aryl methyl sites for hydroxylation is 1. The second kappa shape index (κ2) is 5.58. The van der Waals surface area contributed by atoms with Gasteiger partial charge in [-0.25, -0.2) is 14.4 Å². The largest absolute Gasteiger partial charge is 0.337 e. The van der Waals surface area contributed by atoms with Gasteiger partial charge in [-0.2, -0.15) is 0 Å². The van der Waals surface area contributed by atoms with Gasteiger partial charge >= 0.3 is 0 Å². The van der Waals surface area contributed by atoms with E-state index < -0.39 is 5.82 Å². The van der Waals surface area contributed by atoms with Gasteiger partial charge in [0.05, 0.1) is 12.4 Å². The Morgan fingerprint density at radius 2 is 1.83 bits per heavy atom. The third-order valence-electron chi connectivity index (χ3n) is 2.89. The molecule has 0 saturated heterocycles. The minimum Gasteiger partial charge on any atom is -0.337 e. The number of nitrogens with zero attached hydrogens (tertiary/aromatic N) is 3. The van der Waals surface area contributed by atoms with E-state index in [0.717, 1.165) is 13.1 Å². The summed E-state index contributed by atoms with van der Waals surface area (Å²) in [5.41, 5.74) is 2.46. The van der Waals surface area contributed by atoms with Gasteiger partial charge < -0.3 is 4.90 Å². The second-order valence-electron chi connectivity index (χ2n) is 4.14. The van der Waals surface area contributed by atoms with Gasteiger partial charge in [0.15, 0.2) is 5.82 Å². The van der Waals surface area contributed by atoms with Crippen molar-refractivity contribution in [1.29, 1.82) is 0 Å². The van der Waals surface area contributed by atoms with Gasteiger partial charge in [0.1, 0.15) is 0 Å². The summed E-state index contributed by atoms with van der Waals surface area (Å²) in [7, 11) is 0. The van der Waals surface area contributed by atoms with Crippen LogP contribution in [0.4, 0.5) is 10.3 Å². The van der Waals surface area contributed by atoms with Gasteiger partial charge in [-0.15, -0.1) is 0 Å². The molecule has 0 aliphatic rings. The van der Waals surface area contributed by atoms with Crippen LogP contribution in [0, 0.1) is 12.7 Å². The van der Waals surface area contributed by atoms with Crippen molar-refractivity contribution in [2.24, 2.45) is 0 Å². The maximum Gasteiger partial charge on any atom is 0.225 e. The molecule has 0 aliphatic carbocycles. The number of hydrogen-bond acceptors (Lipinski definition) is 3. The topological polar surface area (TPSA) is 29.0 Å². The molecular weight excluding hydrogens is 229 g/mol. The van der Waals surface area contributed by atoms with E-state index >= 15 is 0 Å². The highest BCUT2D eigenvalue weighted by Crippen LogP contribution is 2.14. The number of anilines is 1. The summed E-state index contributed by atoms with van der Waals surface area (Å²) in [5, 5.41) is 0. The molecule has 0 saturated carbocycles. The van der Waals surface area contributed by atoms with Crippen molar-refractivity contribution in [3.8, 4) is 0 Å². The molecule has 1 aromatic carbocycles. The molecule has 0 N–H and O–H groups in total. The number of halogens is 1. The molecule has 2 rings (SSSR count). The van der Waals surface area contributed by atoms with Crippen molar-refractivity contribution in [3.05, 3.63) is 53.6 Å². The molecule has 0 spiro atoms. The van der Waals surface area contributed by atoms with Crippen LogP contribution >= 0.6 is 0 Å². The highest BCUT2D eigenvalue weighted by atomic mass is 19.1. The van der Waals surface area contributed by atoms with Gasteiger partial charge in [-0.1, -0.05) is 24.3 Å². The molecule has 0 aliphatic heterocycles. The van der Waals surface area contributed by atoms with Crippen molar-refractivity contribution in [3.63, 3.8) is 0 Å². The number of aromatic nitrogens is 2. The van der Waals surface area contributed by atoms with E-state index in [4.69, 9.17) is 0 Å². The summed E-state index contributed by atoms with van der Waals surface area (Å²) in [6.07, 6.45) is 2.39. The minimum absolute atomic E-state index is 0.411. The van der Waals surface area contributed by atoms with Crippen molar-refractivity contribution in [1.82, 2.24) is 9.97 Å². The SMILES string of the molecule is CCN(Cc1ccccc1C)c1ncc(F)cn1. The molecule has 18 heavy (non-hydrogen) atoms. The molecule has 1 heterocycles. The number of rotatable bonds is 4. The molecule has 2 aromatic rings. The van der Waals surface area contributed by atoms with Crippen LogP contribution in [0.25, 0.3) is 0 Å². The number of hydrogen-bond donors (Lipinski definition) is 0. The summed E-state index contributed by atoms with van der Waals surface area (Å²) in [4.78, 5) is 10.0. The molecule has 3 nitrogen and oxygen atoms in total. The van der Waals surface area contributed by atoms with Crippen molar-refractivity contribution in [2.75, 3.05) is 11.4 Å². The van der Waals surface area contributed by atoms with Crippen molar-refractivity contribution >= 4 is 5.95 Å². The third kappa shape index (κ3) is 2.83. The van der Waals surface area contributed by atoms with E-state index in [1.54, 1.807) is 0 Å². The molecule has 0 radical (unpaired) electrons. The van der Waals surface area contributed by atoms with E-state index in [1.807, 2.05) is 24.0 Å². The fourth-order valence-electron chi connectivity index (χ4n) is 1.79. The Bertz CT molecular complexity index is 511. The van der Waals surface area contributed by atoms with Crippen LogP contribution in [0.1, 0.15) is 18.1 Å². The van der Waals surface area contributed by atoms with E-state index in [-0.39, 0.29) is 0 Å². The maximum absolute atomic E-state index is 12.8. The average molecular weight is 245 g/mol. The van der Waals surface area contributed by atoms with E-state index in [2.05, 4.69) is 29.0 Å². The lowest BCUT2D eigenvalue weighted by Crippen LogP contribution is -2.24. The fraction of sp³-hybridized carbons (Fsp3) is 0.286. The summed E-state index contributed by atoms with van der Waals surface area (Å²) in [6, 6.07) is 8.20. The molecule has 0 atom stereocenters.